The monoisotopic (exact) mass is 239 g/mol. The predicted molar refractivity (Wildman–Crippen MR) is 60.5 cm³/mol. The predicted octanol–water partition coefficient (Wildman–Crippen LogP) is 3.18. The molecular weight excluding hydrogens is 226 g/mol. The van der Waals surface area contributed by atoms with E-state index in [0.29, 0.717) is 0 Å². The largest absolute Gasteiger partial charge is 0.372 e. The highest BCUT2D eigenvalue weighted by molar-refractivity contribution is 9.08. The lowest BCUT2D eigenvalue weighted by Gasteiger charge is -2.17. The fraction of sp³-hybridized carbons (Fsp3) is 0.455. The number of hydrogen-bond donors (Lipinski definition) is 0. The lowest BCUT2D eigenvalue weighted by atomic mass is 10.2. The van der Waals surface area contributed by atoms with Gasteiger partial charge in [0.15, 0.2) is 0 Å². The standard InChI is InChI=1S/C11H14BrN/c12-9-10-3-5-11(6-4-10)13-7-1-2-8-13/h3-6H,1-2,7-9H2. The van der Waals surface area contributed by atoms with Gasteiger partial charge in [-0.25, -0.2) is 0 Å². The number of halogens is 1. The molecule has 0 amide bonds. The molecule has 70 valence electrons. The number of benzene rings is 1. The Kier molecular flexibility index (Phi) is 2.89. The Morgan fingerprint density at radius 1 is 1.08 bits per heavy atom. The zero-order valence-corrected chi connectivity index (χ0v) is 9.26. The van der Waals surface area contributed by atoms with Crippen LogP contribution < -0.4 is 4.90 Å². The zero-order chi connectivity index (χ0) is 9.10. The fourth-order valence-corrected chi connectivity index (χ4v) is 2.15. The van der Waals surface area contributed by atoms with Gasteiger partial charge in [0, 0.05) is 24.1 Å². The molecule has 1 aromatic rings. The molecule has 2 heteroatoms. The summed E-state index contributed by atoms with van der Waals surface area (Å²) in [6, 6.07) is 8.84. The topological polar surface area (TPSA) is 3.24 Å². The first-order valence-electron chi connectivity index (χ1n) is 4.80. The summed E-state index contributed by atoms with van der Waals surface area (Å²) in [5, 5.41) is 0.952. The van der Waals surface area contributed by atoms with Crippen LogP contribution in [0.15, 0.2) is 24.3 Å². The molecule has 0 atom stereocenters. The maximum Gasteiger partial charge on any atom is 0.0366 e. The van der Waals surface area contributed by atoms with Crippen molar-refractivity contribution in [3.63, 3.8) is 0 Å². The summed E-state index contributed by atoms with van der Waals surface area (Å²) in [4.78, 5) is 2.46. The first-order valence-corrected chi connectivity index (χ1v) is 5.92. The molecule has 1 nitrogen and oxygen atoms in total. The molecule has 0 spiro atoms. The zero-order valence-electron chi connectivity index (χ0n) is 7.67. The SMILES string of the molecule is BrCc1ccc(N2CCCC2)cc1. The van der Waals surface area contributed by atoms with E-state index in [2.05, 4.69) is 45.1 Å². The van der Waals surface area contributed by atoms with Crippen LogP contribution in [-0.2, 0) is 5.33 Å². The summed E-state index contributed by atoms with van der Waals surface area (Å²) in [6.07, 6.45) is 2.69. The Morgan fingerprint density at radius 2 is 1.69 bits per heavy atom. The Labute approximate surface area is 87.9 Å². The van der Waals surface area contributed by atoms with E-state index in [4.69, 9.17) is 0 Å². The highest BCUT2D eigenvalue weighted by atomic mass is 79.9. The van der Waals surface area contributed by atoms with E-state index in [0.717, 1.165) is 5.33 Å². The molecule has 1 aliphatic heterocycles. The summed E-state index contributed by atoms with van der Waals surface area (Å²) < 4.78 is 0. The number of rotatable bonds is 2. The van der Waals surface area contributed by atoms with Crippen LogP contribution in [-0.4, -0.2) is 13.1 Å². The number of hydrogen-bond acceptors (Lipinski definition) is 1. The molecule has 1 heterocycles. The first kappa shape index (κ1) is 9.07. The second kappa shape index (κ2) is 4.14. The summed E-state index contributed by atoms with van der Waals surface area (Å²) in [7, 11) is 0. The molecule has 0 radical (unpaired) electrons. The van der Waals surface area contributed by atoms with E-state index in [-0.39, 0.29) is 0 Å². The van der Waals surface area contributed by atoms with Crippen molar-refractivity contribution in [2.45, 2.75) is 18.2 Å². The van der Waals surface area contributed by atoms with Crippen LogP contribution in [0.1, 0.15) is 18.4 Å². The van der Waals surface area contributed by atoms with Gasteiger partial charge in [-0.1, -0.05) is 28.1 Å². The van der Waals surface area contributed by atoms with Crippen molar-refractivity contribution in [3.8, 4) is 0 Å². The van der Waals surface area contributed by atoms with Crippen LogP contribution >= 0.6 is 15.9 Å². The summed E-state index contributed by atoms with van der Waals surface area (Å²) in [6.45, 7) is 2.46. The van der Waals surface area contributed by atoms with Gasteiger partial charge in [-0.3, -0.25) is 0 Å². The number of alkyl halides is 1. The molecule has 0 bridgehead atoms. The van der Waals surface area contributed by atoms with Crippen LogP contribution in [0.4, 0.5) is 5.69 Å². The van der Waals surface area contributed by atoms with Gasteiger partial charge in [-0.2, -0.15) is 0 Å². The molecule has 2 rings (SSSR count). The quantitative estimate of drug-likeness (QED) is 0.717. The summed E-state index contributed by atoms with van der Waals surface area (Å²) >= 11 is 3.45. The minimum absolute atomic E-state index is 0.952. The van der Waals surface area contributed by atoms with Crippen LogP contribution in [0, 0.1) is 0 Å². The molecular formula is C11H14BrN. The average Bonchev–Trinajstić information content (AvgIpc) is 2.71. The molecule has 0 aliphatic carbocycles. The average molecular weight is 240 g/mol. The van der Waals surface area contributed by atoms with Crippen molar-refractivity contribution in [2.24, 2.45) is 0 Å². The molecule has 0 unspecified atom stereocenters. The van der Waals surface area contributed by atoms with E-state index < -0.39 is 0 Å². The van der Waals surface area contributed by atoms with E-state index >= 15 is 0 Å². The van der Waals surface area contributed by atoms with E-state index in [1.807, 2.05) is 0 Å². The lowest BCUT2D eigenvalue weighted by molar-refractivity contribution is 0.949. The Balaban J connectivity index is 2.12. The Hall–Kier alpha value is -0.500. The van der Waals surface area contributed by atoms with Gasteiger partial charge in [-0.15, -0.1) is 0 Å². The van der Waals surface area contributed by atoms with E-state index in [9.17, 15) is 0 Å². The van der Waals surface area contributed by atoms with Crippen molar-refractivity contribution in [3.05, 3.63) is 29.8 Å². The maximum absolute atomic E-state index is 3.45. The third-order valence-corrected chi connectivity index (χ3v) is 3.21. The third kappa shape index (κ3) is 2.05. The van der Waals surface area contributed by atoms with Crippen LogP contribution in [0.25, 0.3) is 0 Å². The summed E-state index contributed by atoms with van der Waals surface area (Å²) in [5.41, 5.74) is 2.73. The molecule has 13 heavy (non-hydrogen) atoms. The second-order valence-electron chi connectivity index (χ2n) is 3.49. The highest BCUT2D eigenvalue weighted by Gasteiger charge is 2.11. The molecule has 0 N–H and O–H groups in total. The van der Waals surface area contributed by atoms with Crippen molar-refractivity contribution < 1.29 is 0 Å². The maximum atomic E-state index is 3.45. The van der Waals surface area contributed by atoms with Crippen LogP contribution in [0.5, 0.6) is 0 Å². The van der Waals surface area contributed by atoms with Gasteiger partial charge in [0.25, 0.3) is 0 Å². The lowest BCUT2D eigenvalue weighted by Crippen LogP contribution is -2.17. The van der Waals surface area contributed by atoms with Gasteiger partial charge in [-0.05, 0) is 30.5 Å². The highest BCUT2D eigenvalue weighted by Crippen LogP contribution is 2.20. The number of nitrogens with zero attached hydrogens (tertiary/aromatic N) is 1. The van der Waals surface area contributed by atoms with Gasteiger partial charge in [0.1, 0.15) is 0 Å². The molecule has 1 saturated heterocycles. The van der Waals surface area contributed by atoms with Gasteiger partial charge >= 0.3 is 0 Å². The Morgan fingerprint density at radius 3 is 2.23 bits per heavy atom. The van der Waals surface area contributed by atoms with Crippen molar-refractivity contribution >= 4 is 21.6 Å². The third-order valence-electron chi connectivity index (χ3n) is 2.56. The van der Waals surface area contributed by atoms with Gasteiger partial charge < -0.3 is 4.90 Å². The summed E-state index contributed by atoms with van der Waals surface area (Å²) in [5.74, 6) is 0. The Bertz CT molecular complexity index is 262. The minimum atomic E-state index is 0.952. The number of anilines is 1. The molecule has 0 saturated carbocycles. The van der Waals surface area contributed by atoms with Crippen molar-refractivity contribution in [1.82, 2.24) is 0 Å². The molecule has 0 aromatic heterocycles. The second-order valence-corrected chi connectivity index (χ2v) is 4.05. The normalized spacial score (nSPS) is 16.5. The van der Waals surface area contributed by atoms with Gasteiger partial charge in [0.05, 0.1) is 0 Å². The van der Waals surface area contributed by atoms with Crippen LogP contribution in [0.2, 0.25) is 0 Å². The van der Waals surface area contributed by atoms with Gasteiger partial charge in [0.2, 0.25) is 0 Å². The fourth-order valence-electron chi connectivity index (χ4n) is 1.77. The van der Waals surface area contributed by atoms with Crippen molar-refractivity contribution in [1.29, 1.82) is 0 Å². The van der Waals surface area contributed by atoms with Crippen molar-refractivity contribution in [2.75, 3.05) is 18.0 Å². The molecule has 1 fully saturated rings. The van der Waals surface area contributed by atoms with E-state index in [1.165, 1.54) is 37.2 Å². The molecule has 1 aliphatic rings. The van der Waals surface area contributed by atoms with Crippen LogP contribution in [0.3, 0.4) is 0 Å². The minimum Gasteiger partial charge on any atom is -0.372 e. The molecule has 1 aromatic carbocycles. The first-order chi connectivity index (χ1) is 6.40. The van der Waals surface area contributed by atoms with E-state index in [1.54, 1.807) is 0 Å². The smallest absolute Gasteiger partial charge is 0.0366 e.